The molecule has 1 amide bonds. The lowest BCUT2D eigenvalue weighted by Crippen LogP contribution is -2.33. The molecular weight excluding hydrogens is 232 g/mol. The van der Waals surface area contributed by atoms with Gasteiger partial charge in [-0.2, -0.15) is 0 Å². The smallest absolute Gasteiger partial charge is 0.250 e. The van der Waals surface area contributed by atoms with Gasteiger partial charge in [-0.3, -0.25) is 4.79 Å². The first-order valence-electron chi connectivity index (χ1n) is 5.90. The van der Waals surface area contributed by atoms with E-state index in [2.05, 4.69) is 4.98 Å². The standard InChI is InChI=1S/C12H20N4O2/c1-8(2)16(4-3-5-17)11-6-9(12(14)18)10(13)7-15-11/h6-8,17H,3-5,13H2,1-2H3,(H2,14,18). The van der Waals surface area contributed by atoms with E-state index in [0.29, 0.717) is 18.8 Å². The number of aromatic nitrogens is 1. The molecule has 1 aromatic rings. The number of nitrogens with zero attached hydrogens (tertiary/aromatic N) is 2. The van der Waals surface area contributed by atoms with E-state index >= 15 is 0 Å². The van der Waals surface area contributed by atoms with Gasteiger partial charge in [0, 0.05) is 19.2 Å². The molecule has 0 atom stereocenters. The molecule has 0 unspecified atom stereocenters. The Morgan fingerprint density at radius 1 is 1.56 bits per heavy atom. The minimum atomic E-state index is -0.568. The Kier molecular flexibility index (Phi) is 4.91. The van der Waals surface area contributed by atoms with Crippen molar-refractivity contribution in [3.05, 3.63) is 17.8 Å². The first-order chi connectivity index (χ1) is 8.47. The van der Waals surface area contributed by atoms with Crippen LogP contribution in [0.5, 0.6) is 0 Å². The van der Waals surface area contributed by atoms with Gasteiger partial charge in [-0.1, -0.05) is 0 Å². The van der Waals surface area contributed by atoms with Gasteiger partial charge in [-0.25, -0.2) is 4.98 Å². The first-order valence-corrected chi connectivity index (χ1v) is 5.90. The molecule has 0 radical (unpaired) electrons. The van der Waals surface area contributed by atoms with Crippen LogP contribution in [0.4, 0.5) is 11.5 Å². The number of nitrogen functional groups attached to an aromatic ring is 1. The van der Waals surface area contributed by atoms with Gasteiger partial charge >= 0.3 is 0 Å². The highest BCUT2D eigenvalue weighted by Crippen LogP contribution is 2.19. The Morgan fingerprint density at radius 3 is 2.72 bits per heavy atom. The number of carbonyl (C=O) groups is 1. The van der Waals surface area contributed by atoms with Gasteiger partial charge in [0.1, 0.15) is 5.82 Å². The second-order valence-corrected chi connectivity index (χ2v) is 4.36. The predicted octanol–water partition coefficient (Wildman–Crippen LogP) is 0.360. The molecule has 0 fully saturated rings. The van der Waals surface area contributed by atoms with Crippen LogP contribution in [0.15, 0.2) is 12.3 Å². The van der Waals surface area contributed by atoms with Crippen LogP contribution in [0.25, 0.3) is 0 Å². The van der Waals surface area contributed by atoms with Crippen LogP contribution < -0.4 is 16.4 Å². The van der Waals surface area contributed by atoms with Crippen molar-refractivity contribution in [3.63, 3.8) is 0 Å². The summed E-state index contributed by atoms with van der Waals surface area (Å²) in [6.07, 6.45) is 2.07. The Hall–Kier alpha value is -1.82. The highest BCUT2D eigenvalue weighted by atomic mass is 16.3. The maximum atomic E-state index is 11.2. The van der Waals surface area contributed by atoms with Gasteiger partial charge in [0.15, 0.2) is 0 Å². The Morgan fingerprint density at radius 2 is 2.22 bits per heavy atom. The SMILES string of the molecule is CC(C)N(CCCO)c1cc(C(N)=O)c(N)cn1. The van der Waals surface area contributed by atoms with Gasteiger partial charge in [0.05, 0.1) is 17.4 Å². The fourth-order valence-corrected chi connectivity index (χ4v) is 1.70. The van der Waals surface area contributed by atoms with Gasteiger partial charge in [0.2, 0.25) is 0 Å². The Labute approximate surface area is 107 Å². The maximum Gasteiger partial charge on any atom is 0.250 e. The first kappa shape index (κ1) is 14.2. The molecule has 1 aromatic heterocycles. The minimum Gasteiger partial charge on any atom is -0.397 e. The van der Waals surface area contributed by atoms with Crippen molar-refractivity contribution >= 4 is 17.4 Å². The van der Waals surface area contributed by atoms with Gasteiger partial charge in [-0.15, -0.1) is 0 Å². The molecule has 0 aliphatic carbocycles. The molecule has 0 aliphatic rings. The Balaban J connectivity index is 3.05. The number of pyridine rings is 1. The third kappa shape index (κ3) is 3.33. The van der Waals surface area contributed by atoms with Gasteiger partial charge < -0.3 is 21.5 Å². The quantitative estimate of drug-likeness (QED) is 0.678. The van der Waals surface area contributed by atoms with Crippen LogP contribution in [0.1, 0.15) is 30.6 Å². The van der Waals surface area contributed by atoms with Crippen molar-refractivity contribution < 1.29 is 9.90 Å². The molecular formula is C12H20N4O2. The number of carbonyl (C=O) groups excluding carboxylic acids is 1. The zero-order valence-corrected chi connectivity index (χ0v) is 10.8. The summed E-state index contributed by atoms with van der Waals surface area (Å²) in [5.74, 6) is 0.0727. The summed E-state index contributed by atoms with van der Waals surface area (Å²) in [5, 5.41) is 8.89. The predicted molar refractivity (Wildman–Crippen MR) is 71.4 cm³/mol. The molecule has 100 valence electrons. The molecule has 0 aliphatic heterocycles. The van der Waals surface area contributed by atoms with E-state index in [1.54, 1.807) is 6.07 Å². The van der Waals surface area contributed by atoms with Gasteiger partial charge in [0.25, 0.3) is 5.91 Å². The zero-order chi connectivity index (χ0) is 13.7. The van der Waals surface area contributed by atoms with Crippen LogP contribution in [0.2, 0.25) is 0 Å². The number of anilines is 2. The monoisotopic (exact) mass is 252 g/mol. The molecule has 1 heterocycles. The summed E-state index contributed by atoms with van der Waals surface area (Å²) in [4.78, 5) is 17.4. The largest absolute Gasteiger partial charge is 0.397 e. The number of nitrogens with two attached hydrogens (primary N) is 2. The summed E-state index contributed by atoms with van der Waals surface area (Å²) in [6, 6.07) is 1.79. The highest BCUT2D eigenvalue weighted by Gasteiger charge is 2.15. The van der Waals surface area contributed by atoms with Crippen molar-refractivity contribution in [2.45, 2.75) is 26.3 Å². The van der Waals surface area contributed by atoms with Crippen molar-refractivity contribution in [1.29, 1.82) is 0 Å². The fraction of sp³-hybridized carbons (Fsp3) is 0.500. The van der Waals surface area contributed by atoms with Crippen molar-refractivity contribution in [2.24, 2.45) is 5.73 Å². The van der Waals surface area contributed by atoms with E-state index in [1.807, 2.05) is 18.7 Å². The molecule has 0 spiro atoms. The minimum absolute atomic E-state index is 0.112. The van der Waals surface area contributed by atoms with E-state index in [9.17, 15) is 4.79 Å². The lowest BCUT2D eigenvalue weighted by atomic mass is 10.2. The fourth-order valence-electron chi connectivity index (χ4n) is 1.70. The number of hydrogen-bond acceptors (Lipinski definition) is 5. The average molecular weight is 252 g/mol. The van der Waals surface area contributed by atoms with Crippen LogP contribution in [-0.4, -0.2) is 35.2 Å². The van der Waals surface area contributed by atoms with Crippen LogP contribution in [0.3, 0.4) is 0 Å². The normalized spacial score (nSPS) is 10.7. The molecule has 0 bridgehead atoms. The molecule has 6 nitrogen and oxygen atoms in total. The zero-order valence-electron chi connectivity index (χ0n) is 10.8. The van der Waals surface area contributed by atoms with E-state index in [4.69, 9.17) is 16.6 Å². The third-order valence-electron chi connectivity index (χ3n) is 2.66. The number of primary amides is 1. The molecule has 0 saturated heterocycles. The lowest BCUT2D eigenvalue weighted by molar-refractivity contribution is 0.100. The topological polar surface area (TPSA) is 105 Å². The van der Waals surface area contributed by atoms with E-state index in [1.165, 1.54) is 6.20 Å². The number of aliphatic hydroxyl groups is 1. The lowest BCUT2D eigenvalue weighted by Gasteiger charge is -2.28. The average Bonchev–Trinajstić information content (AvgIpc) is 2.30. The summed E-state index contributed by atoms with van der Waals surface area (Å²) >= 11 is 0. The summed E-state index contributed by atoms with van der Waals surface area (Å²) in [5.41, 5.74) is 11.4. The Bertz CT molecular complexity index is 421. The van der Waals surface area contributed by atoms with E-state index in [-0.39, 0.29) is 23.9 Å². The van der Waals surface area contributed by atoms with E-state index < -0.39 is 5.91 Å². The molecule has 5 N–H and O–H groups in total. The highest BCUT2D eigenvalue weighted by molar-refractivity contribution is 5.98. The van der Waals surface area contributed by atoms with Crippen molar-refractivity contribution in [2.75, 3.05) is 23.8 Å². The third-order valence-corrected chi connectivity index (χ3v) is 2.66. The summed E-state index contributed by atoms with van der Waals surface area (Å²) in [7, 11) is 0. The van der Waals surface area contributed by atoms with Crippen LogP contribution in [-0.2, 0) is 0 Å². The summed E-state index contributed by atoms with van der Waals surface area (Å²) < 4.78 is 0. The second-order valence-electron chi connectivity index (χ2n) is 4.36. The number of amides is 1. The maximum absolute atomic E-state index is 11.2. The van der Waals surface area contributed by atoms with Crippen molar-refractivity contribution in [3.8, 4) is 0 Å². The number of aliphatic hydroxyl groups excluding tert-OH is 1. The summed E-state index contributed by atoms with van der Waals surface area (Å²) in [6.45, 7) is 4.79. The van der Waals surface area contributed by atoms with Crippen LogP contribution in [0, 0.1) is 0 Å². The number of rotatable bonds is 6. The second kappa shape index (κ2) is 6.20. The van der Waals surface area contributed by atoms with E-state index in [0.717, 1.165) is 0 Å². The molecule has 0 saturated carbocycles. The van der Waals surface area contributed by atoms with Gasteiger partial charge in [-0.05, 0) is 26.3 Å². The molecule has 1 rings (SSSR count). The van der Waals surface area contributed by atoms with Crippen LogP contribution >= 0.6 is 0 Å². The van der Waals surface area contributed by atoms with Crippen molar-refractivity contribution in [1.82, 2.24) is 4.98 Å². The number of hydrogen-bond donors (Lipinski definition) is 3. The molecule has 0 aromatic carbocycles. The molecule has 18 heavy (non-hydrogen) atoms. The molecule has 6 heteroatoms.